The zero-order chi connectivity index (χ0) is 19.3. The van der Waals surface area contributed by atoms with Gasteiger partial charge in [-0.2, -0.15) is 0 Å². The zero-order valence-corrected chi connectivity index (χ0v) is 17.2. The Morgan fingerprint density at radius 3 is 2.45 bits per heavy atom. The van der Waals surface area contributed by atoms with Crippen molar-refractivity contribution in [1.29, 1.82) is 0 Å². The third kappa shape index (κ3) is 1.86. The van der Waals surface area contributed by atoms with E-state index in [1.807, 2.05) is 11.3 Å². The highest BCUT2D eigenvalue weighted by molar-refractivity contribution is 7.25. The molecule has 2 heteroatoms. The van der Waals surface area contributed by atoms with E-state index in [0.717, 1.165) is 0 Å². The van der Waals surface area contributed by atoms with E-state index in [2.05, 4.69) is 91.6 Å². The number of hydrogen-bond acceptors (Lipinski definition) is 1. The average Bonchev–Trinajstić information content (AvgIpc) is 3.34. The normalized spacial score (nSPS) is 14.8. The first-order valence-electron chi connectivity index (χ1n) is 10.1. The molecule has 0 saturated carbocycles. The quantitative estimate of drug-likeness (QED) is 0.271. The maximum atomic E-state index is 3.81. The first kappa shape index (κ1) is 15.8. The molecule has 4 aromatic carbocycles. The summed E-state index contributed by atoms with van der Waals surface area (Å²) in [4.78, 5) is 3.81. The SMILES string of the molecule is CC1(C)c2ccccc2-c2ccc3c([nH]c4cc5sc6ccccc6c5cc43)c21. The lowest BCUT2D eigenvalue weighted by atomic mass is 9.81. The Hall–Kier alpha value is -3.10. The van der Waals surface area contributed by atoms with Gasteiger partial charge in [0.05, 0.1) is 5.52 Å². The first-order chi connectivity index (χ1) is 14.1. The lowest BCUT2D eigenvalue weighted by Crippen LogP contribution is -2.15. The van der Waals surface area contributed by atoms with Gasteiger partial charge < -0.3 is 4.98 Å². The molecule has 0 spiro atoms. The predicted molar refractivity (Wildman–Crippen MR) is 126 cm³/mol. The van der Waals surface area contributed by atoms with Crippen molar-refractivity contribution in [3.8, 4) is 11.1 Å². The van der Waals surface area contributed by atoms with Gasteiger partial charge in [-0.1, -0.05) is 68.4 Å². The fourth-order valence-electron chi connectivity index (χ4n) is 5.46. The Labute approximate surface area is 172 Å². The molecule has 1 aliphatic rings. The monoisotopic (exact) mass is 389 g/mol. The minimum atomic E-state index is -0.00358. The van der Waals surface area contributed by atoms with Crippen molar-refractivity contribution in [3.05, 3.63) is 83.9 Å². The highest BCUT2D eigenvalue weighted by Gasteiger charge is 2.37. The number of aromatic nitrogens is 1. The van der Waals surface area contributed by atoms with E-state index in [1.165, 1.54) is 64.2 Å². The molecule has 0 aliphatic heterocycles. The molecular formula is C27H19NS. The van der Waals surface area contributed by atoms with Gasteiger partial charge in [0.25, 0.3) is 0 Å². The highest BCUT2D eigenvalue weighted by atomic mass is 32.1. The highest BCUT2D eigenvalue weighted by Crippen LogP contribution is 2.52. The van der Waals surface area contributed by atoms with Crippen molar-refractivity contribution < 1.29 is 0 Å². The van der Waals surface area contributed by atoms with Crippen molar-refractivity contribution >= 4 is 53.3 Å². The molecule has 0 atom stereocenters. The standard InChI is InChI=1S/C27H19NS/c1-27(2)21-9-5-3-7-15(21)17-11-12-18-19-13-20-16-8-4-6-10-23(16)29-24(20)14-22(19)28-26(18)25(17)27/h3-14,28H,1-2H3. The van der Waals surface area contributed by atoms with Crippen molar-refractivity contribution in [1.82, 2.24) is 4.98 Å². The number of benzene rings is 4. The molecule has 0 radical (unpaired) electrons. The number of rotatable bonds is 0. The van der Waals surface area contributed by atoms with Gasteiger partial charge in [-0.3, -0.25) is 0 Å². The van der Waals surface area contributed by atoms with Crippen molar-refractivity contribution in [3.63, 3.8) is 0 Å². The van der Waals surface area contributed by atoms with Crippen LogP contribution in [0.5, 0.6) is 0 Å². The maximum Gasteiger partial charge on any atom is 0.0512 e. The molecular weight excluding hydrogens is 370 g/mol. The molecule has 1 nitrogen and oxygen atoms in total. The lowest BCUT2D eigenvalue weighted by Gasteiger charge is -2.22. The van der Waals surface area contributed by atoms with Crippen LogP contribution in [0.3, 0.4) is 0 Å². The first-order valence-corrected chi connectivity index (χ1v) is 10.9. The fraction of sp³-hybridized carbons (Fsp3) is 0.111. The molecule has 29 heavy (non-hydrogen) atoms. The van der Waals surface area contributed by atoms with Gasteiger partial charge in [0, 0.05) is 41.9 Å². The second-order valence-corrected chi connectivity index (χ2v) is 9.78. The van der Waals surface area contributed by atoms with E-state index in [4.69, 9.17) is 0 Å². The summed E-state index contributed by atoms with van der Waals surface area (Å²) in [6.45, 7) is 4.71. The smallest absolute Gasteiger partial charge is 0.0512 e. The van der Waals surface area contributed by atoms with E-state index in [9.17, 15) is 0 Å². The Balaban J connectivity index is 1.62. The van der Waals surface area contributed by atoms with Crippen LogP contribution < -0.4 is 0 Å². The van der Waals surface area contributed by atoms with Gasteiger partial charge in [0.15, 0.2) is 0 Å². The molecule has 0 amide bonds. The van der Waals surface area contributed by atoms with Crippen LogP contribution in [0.2, 0.25) is 0 Å². The molecule has 0 saturated heterocycles. The Morgan fingerprint density at radius 1 is 0.690 bits per heavy atom. The van der Waals surface area contributed by atoms with E-state index in [1.54, 1.807) is 0 Å². The Bertz CT molecular complexity index is 1630. The Kier molecular flexibility index (Phi) is 2.77. The van der Waals surface area contributed by atoms with Gasteiger partial charge in [0.1, 0.15) is 0 Å². The van der Waals surface area contributed by atoms with Crippen LogP contribution >= 0.6 is 11.3 Å². The van der Waals surface area contributed by atoms with Crippen LogP contribution in [0.1, 0.15) is 25.0 Å². The van der Waals surface area contributed by atoms with E-state index >= 15 is 0 Å². The number of nitrogens with one attached hydrogen (secondary N) is 1. The minimum Gasteiger partial charge on any atom is -0.354 e. The summed E-state index contributed by atoms with van der Waals surface area (Å²) in [7, 11) is 0. The summed E-state index contributed by atoms with van der Waals surface area (Å²) in [5, 5.41) is 5.38. The number of thiophene rings is 1. The van der Waals surface area contributed by atoms with Gasteiger partial charge >= 0.3 is 0 Å². The molecule has 2 aromatic heterocycles. The van der Waals surface area contributed by atoms with Gasteiger partial charge in [0.2, 0.25) is 0 Å². The summed E-state index contributed by atoms with van der Waals surface area (Å²) in [6, 6.07) is 27.0. The van der Waals surface area contributed by atoms with Gasteiger partial charge in [-0.25, -0.2) is 0 Å². The maximum absolute atomic E-state index is 3.81. The van der Waals surface area contributed by atoms with Crippen LogP contribution in [-0.2, 0) is 5.41 Å². The molecule has 0 bridgehead atoms. The molecule has 1 aliphatic carbocycles. The third-order valence-corrected chi connectivity index (χ3v) is 7.92. The van der Waals surface area contributed by atoms with Crippen LogP contribution in [0.25, 0.3) is 53.1 Å². The van der Waals surface area contributed by atoms with Gasteiger partial charge in [-0.15, -0.1) is 11.3 Å². The van der Waals surface area contributed by atoms with E-state index in [0.29, 0.717) is 0 Å². The summed E-state index contributed by atoms with van der Waals surface area (Å²) in [5.41, 5.74) is 8.13. The number of fused-ring (bicyclic) bond motifs is 10. The summed E-state index contributed by atoms with van der Waals surface area (Å²) in [6.07, 6.45) is 0. The zero-order valence-electron chi connectivity index (χ0n) is 16.3. The molecule has 0 fully saturated rings. The van der Waals surface area contributed by atoms with Crippen LogP contribution in [0.4, 0.5) is 0 Å². The molecule has 7 rings (SSSR count). The molecule has 138 valence electrons. The fourth-order valence-corrected chi connectivity index (χ4v) is 6.59. The van der Waals surface area contributed by atoms with Crippen LogP contribution in [0, 0.1) is 0 Å². The summed E-state index contributed by atoms with van der Waals surface area (Å²) in [5.74, 6) is 0. The predicted octanol–water partition coefficient (Wildman–Crippen LogP) is 8.00. The second kappa shape index (κ2) is 5.08. The topological polar surface area (TPSA) is 15.8 Å². The van der Waals surface area contributed by atoms with Crippen molar-refractivity contribution in [2.45, 2.75) is 19.3 Å². The van der Waals surface area contributed by atoms with Gasteiger partial charge in [-0.05, 0) is 40.5 Å². The second-order valence-electron chi connectivity index (χ2n) is 8.70. The minimum absolute atomic E-state index is 0.00358. The molecule has 1 N–H and O–H groups in total. The number of hydrogen-bond donors (Lipinski definition) is 1. The van der Waals surface area contributed by atoms with Crippen molar-refractivity contribution in [2.75, 3.05) is 0 Å². The van der Waals surface area contributed by atoms with Crippen LogP contribution in [0.15, 0.2) is 72.8 Å². The van der Waals surface area contributed by atoms with Crippen LogP contribution in [-0.4, -0.2) is 4.98 Å². The number of aromatic amines is 1. The summed E-state index contributed by atoms with van der Waals surface area (Å²) >= 11 is 1.88. The summed E-state index contributed by atoms with van der Waals surface area (Å²) < 4.78 is 2.71. The third-order valence-electron chi connectivity index (χ3n) is 6.79. The molecule has 0 unspecified atom stereocenters. The van der Waals surface area contributed by atoms with E-state index in [-0.39, 0.29) is 5.41 Å². The molecule has 2 heterocycles. The lowest BCUT2D eigenvalue weighted by molar-refractivity contribution is 0.665. The average molecular weight is 390 g/mol. The molecule has 6 aromatic rings. The Morgan fingerprint density at radius 2 is 1.52 bits per heavy atom. The number of H-pyrrole nitrogens is 1. The largest absolute Gasteiger partial charge is 0.354 e. The van der Waals surface area contributed by atoms with Crippen molar-refractivity contribution in [2.24, 2.45) is 0 Å². The van der Waals surface area contributed by atoms with E-state index < -0.39 is 0 Å².